The molecule has 1 aromatic carbocycles. The number of benzene rings is 1. The fourth-order valence-electron chi connectivity index (χ4n) is 1.74. The van der Waals surface area contributed by atoms with Gasteiger partial charge in [-0.3, -0.25) is 0 Å². The molecule has 0 atom stereocenters. The Labute approximate surface area is 154 Å². The molecule has 0 spiro atoms. The van der Waals surface area contributed by atoms with Crippen LogP contribution in [0.15, 0.2) is 48.6 Å². The van der Waals surface area contributed by atoms with E-state index in [-0.39, 0.29) is 13.2 Å². The van der Waals surface area contributed by atoms with E-state index in [1.54, 1.807) is 13.8 Å². The van der Waals surface area contributed by atoms with Crippen molar-refractivity contribution in [2.45, 2.75) is 27.1 Å². The van der Waals surface area contributed by atoms with Gasteiger partial charge in [0.05, 0.1) is 26.4 Å². The van der Waals surface area contributed by atoms with Gasteiger partial charge in [-0.1, -0.05) is 37.4 Å². The van der Waals surface area contributed by atoms with Crippen molar-refractivity contribution in [1.29, 1.82) is 0 Å². The SMILES string of the molecule is C=C(C)C(=O)OCCOCc1ccc(COCCOC(=O)C(=C)C)cc1. The smallest absolute Gasteiger partial charge is 0.333 e. The molecule has 6 heteroatoms. The van der Waals surface area contributed by atoms with E-state index in [4.69, 9.17) is 18.9 Å². The van der Waals surface area contributed by atoms with Crippen LogP contribution < -0.4 is 0 Å². The fraction of sp³-hybridized carbons (Fsp3) is 0.400. The van der Waals surface area contributed by atoms with Gasteiger partial charge in [0, 0.05) is 11.1 Å². The minimum Gasteiger partial charge on any atom is -0.460 e. The minimum absolute atomic E-state index is 0.202. The van der Waals surface area contributed by atoms with Crippen LogP contribution in [0, 0.1) is 0 Å². The van der Waals surface area contributed by atoms with Crippen LogP contribution >= 0.6 is 0 Å². The molecule has 26 heavy (non-hydrogen) atoms. The molecule has 0 aromatic heterocycles. The van der Waals surface area contributed by atoms with Crippen LogP contribution in [0.2, 0.25) is 0 Å². The summed E-state index contributed by atoms with van der Waals surface area (Å²) < 4.78 is 20.8. The van der Waals surface area contributed by atoms with Gasteiger partial charge in [-0.15, -0.1) is 0 Å². The summed E-state index contributed by atoms with van der Waals surface area (Å²) in [6.07, 6.45) is 0. The highest BCUT2D eigenvalue weighted by Crippen LogP contribution is 2.07. The van der Waals surface area contributed by atoms with Crippen molar-refractivity contribution < 1.29 is 28.5 Å². The van der Waals surface area contributed by atoms with E-state index < -0.39 is 11.9 Å². The van der Waals surface area contributed by atoms with Crippen LogP contribution in [-0.4, -0.2) is 38.4 Å². The zero-order chi connectivity index (χ0) is 19.4. The number of carbonyl (C=O) groups is 2. The van der Waals surface area contributed by atoms with Gasteiger partial charge in [0.1, 0.15) is 13.2 Å². The van der Waals surface area contributed by atoms with Gasteiger partial charge in [0.25, 0.3) is 0 Å². The number of hydrogen-bond acceptors (Lipinski definition) is 6. The maximum Gasteiger partial charge on any atom is 0.333 e. The van der Waals surface area contributed by atoms with Crippen molar-refractivity contribution in [3.05, 3.63) is 59.7 Å². The summed E-state index contributed by atoms with van der Waals surface area (Å²) >= 11 is 0. The number of rotatable bonds is 12. The molecule has 0 bridgehead atoms. The molecule has 0 aliphatic heterocycles. The Morgan fingerprint density at radius 1 is 0.731 bits per heavy atom. The van der Waals surface area contributed by atoms with Crippen LogP contribution in [0.4, 0.5) is 0 Å². The van der Waals surface area contributed by atoms with E-state index in [0.717, 1.165) is 11.1 Å². The molecule has 0 amide bonds. The molecule has 6 nitrogen and oxygen atoms in total. The van der Waals surface area contributed by atoms with Gasteiger partial charge >= 0.3 is 11.9 Å². The summed E-state index contributed by atoms with van der Waals surface area (Å²) in [5.41, 5.74) is 2.76. The second-order valence-electron chi connectivity index (χ2n) is 5.75. The van der Waals surface area contributed by atoms with Crippen molar-refractivity contribution in [2.75, 3.05) is 26.4 Å². The van der Waals surface area contributed by atoms with Crippen molar-refractivity contribution in [2.24, 2.45) is 0 Å². The Kier molecular flexibility index (Phi) is 9.97. The zero-order valence-electron chi connectivity index (χ0n) is 15.4. The summed E-state index contributed by atoms with van der Waals surface area (Å²) in [5.74, 6) is -0.820. The maximum atomic E-state index is 11.2. The summed E-state index contributed by atoms with van der Waals surface area (Å²) in [5, 5.41) is 0. The summed E-state index contributed by atoms with van der Waals surface area (Å²) in [4.78, 5) is 22.4. The molecule has 1 aromatic rings. The third-order valence-electron chi connectivity index (χ3n) is 3.18. The van der Waals surface area contributed by atoms with Gasteiger partial charge in [-0.05, 0) is 25.0 Å². The van der Waals surface area contributed by atoms with E-state index in [1.807, 2.05) is 24.3 Å². The highest BCUT2D eigenvalue weighted by molar-refractivity contribution is 5.87. The molecule has 0 N–H and O–H groups in total. The topological polar surface area (TPSA) is 71.1 Å². The zero-order valence-corrected chi connectivity index (χ0v) is 15.4. The van der Waals surface area contributed by atoms with E-state index in [9.17, 15) is 9.59 Å². The molecule has 0 radical (unpaired) electrons. The first-order chi connectivity index (χ1) is 12.4. The molecule has 0 fully saturated rings. The van der Waals surface area contributed by atoms with Crippen LogP contribution in [-0.2, 0) is 41.8 Å². The Hall–Kier alpha value is -2.44. The quantitative estimate of drug-likeness (QED) is 0.323. The van der Waals surface area contributed by atoms with Gasteiger partial charge in [-0.2, -0.15) is 0 Å². The van der Waals surface area contributed by atoms with E-state index in [2.05, 4.69) is 13.2 Å². The minimum atomic E-state index is -0.410. The lowest BCUT2D eigenvalue weighted by Crippen LogP contribution is -2.11. The Balaban J connectivity index is 2.15. The lowest BCUT2D eigenvalue weighted by atomic mass is 10.1. The van der Waals surface area contributed by atoms with Crippen molar-refractivity contribution in [3.8, 4) is 0 Å². The second kappa shape index (κ2) is 12.0. The number of carbonyl (C=O) groups excluding carboxylic acids is 2. The van der Waals surface area contributed by atoms with Crippen molar-refractivity contribution >= 4 is 11.9 Å². The van der Waals surface area contributed by atoms with E-state index in [0.29, 0.717) is 37.6 Å². The van der Waals surface area contributed by atoms with Gasteiger partial charge in [0.15, 0.2) is 0 Å². The molecule has 0 aliphatic carbocycles. The molecule has 0 unspecified atom stereocenters. The summed E-state index contributed by atoms with van der Waals surface area (Å²) in [7, 11) is 0. The van der Waals surface area contributed by atoms with Crippen LogP contribution in [0.5, 0.6) is 0 Å². The Morgan fingerprint density at radius 2 is 1.08 bits per heavy atom. The standard InChI is InChI=1S/C20H26O6/c1-15(2)19(21)25-11-9-23-13-17-5-7-18(8-6-17)14-24-10-12-26-20(22)16(3)4/h5-8H,1,3,9-14H2,2,4H3. The predicted octanol–water partition coefficient (Wildman–Crippen LogP) is 2.96. The first-order valence-electron chi connectivity index (χ1n) is 8.28. The Bertz CT molecular complexity index is 563. The van der Waals surface area contributed by atoms with Crippen molar-refractivity contribution in [1.82, 2.24) is 0 Å². The average Bonchev–Trinajstić information content (AvgIpc) is 2.61. The molecular weight excluding hydrogens is 336 g/mol. The van der Waals surface area contributed by atoms with Gasteiger partial charge in [-0.25, -0.2) is 9.59 Å². The predicted molar refractivity (Wildman–Crippen MR) is 97.3 cm³/mol. The lowest BCUT2D eigenvalue weighted by molar-refractivity contribution is -0.141. The maximum absolute atomic E-state index is 11.2. The first-order valence-corrected chi connectivity index (χ1v) is 8.28. The molecule has 0 aliphatic rings. The van der Waals surface area contributed by atoms with Crippen molar-refractivity contribution in [3.63, 3.8) is 0 Å². The first kappa shape index (κ1) is 21.6. The summed E-state index contributed by atoms with van der Waals surface area (Å²) in [6, 6.07) is 7.78. The van der Waals surface area contributed by atoms with Crippen LogP contribution in [0.3, 0.4) is 0 Å². The van der Waals surface area contributed by atoms with Gasteiger partial charge < -0.3 is 18.9 Å². The van der Waals surface area contributed by atoms with Gasteiger partial charge in [0.2, 0.25) is 0 Å². The molecule has 1 rings (SSSR count). The Morgan fingerprint density at radius 3 is 1.38 bits per heavy atom. The third-order valence-corrected chi connectivity index (χ3v) is 3.18. The largest absolute Gasteiger partial charge is 0.460 e. The normalized spacial score (nSPS) is 10.2. The highest BCUT2D eigenvalue weighted by Gasteiger charge is 2.03. The molecular formula is C20H26O6. The fourth-order valence-corrected chi connectivity index (χ4v) is 1.74. The third kappa shape index (κ3) is 9.15. The molecule has 0 saturated carbocycles. The number of hydrogen-bond donors (Lipinski definition) is 0. The highest BCUT2D eigenvalue weighted by atomic mass is 16.6. The number of ether oxygens (including phenoxy) is 4. The lowest BCUT2D eigenvalue weighted by Gasteiger charge is -2.08. The summed E-state index contributed by atoms with van der Waals surface area (Å²) in [6.45, 7) is 12.1. The monoisotopic (exact) mass is 362 g/mol. The van der Waals surface area contributed by atoms with Crippen LogP contribution in [0.1, 0.15) is 25.0 Å². The average molecular weight is 362 g/mol. The molecule has 0 heterocycles. The molecule has 0 saturated heterocycles. The second-order valence-corrected chi connectivity index (χ2v) is 5.75. The van der Waals surface area contributed by atoms with Crippen LogP contribution in [0.25, 0.3) is 0 Å². The number of esters is 2. The van der Waals surface area contributed by atoms with E-state index >= 15 is 0 Å². The molecule has 142 valence electrons. The van der Waals surface area contributed by atoms with E-state index in [1.165, 1.54) is 0 Å².